The predicted molar refractivity (Wildman–Crippen MR) is 88.4 cm³/mol. The van der Waals surface area contributed by atoms with Crippen LogP contribution >= 0.6 is 0 Å². The van der Waals surface area contributed by atoms with E-state index in [0.717, 1.165) is 4.52 Å². The van der Waals surface area contributed by atoms with E-state index >= 15 is 0 Å². The third kappa shape index (κ3) is 3.81. The molecule has 3 aromatic heterocycles. The highest BCUT2D eigenvalue weighted by atomic mass is 19.4. The van der Waals surface area contributed by atoms with E-state index in [1.165, 1.54) is 13.3 Å². The van der Waals surface area contributed by atoms with Gasteiger partial charge in [0.05, 0.1) is 25.4 Å². The monoisotopic (exact) mass is 380 g/mol. The van der Waals surface area contributed by atoms with Gasteiger partial charge in [0.2, 0.25) is 11.8 Å². The maximum atomic E-state index is 12.8. The number of anilines is 1. The number of carbonyl (C=O) groups is 1. The zero-order chi connectivity index (χ0) is 19.8. The third-order valence-corrected chi connectivity index (χ3v) is 3.87. The number of rotatable bonds is 4. The van der Waals surface area contributed by atoms with E-state index in [4.69, 9.17) is 4.74 Å². The number of ether oxygens (including phenoxy) is 1. The van der Waals surface area contributed by atoms with Crippen LogP contribution in [-0.4, -0.2) is 37.6 Å². The zero-order valence-corrected chi connectivity index (χ0v) is 14.6. The van der Waals surface area contributed by atoms with Crippen LogP contribution in [0.15, 0.2) is 18.3 Å². The molecule has 0 atom stereocenters. The highest BCUT2D eigenvalue weighted by Gasteiger charge is 2.37. The van der Waals surface area contributed by atoms with Crippen molar-refractivity contribution >= 4 is 17.4 Å². The minimum absolute atomic E-state index is 0.0894. The molecule has 0 fully saturated rings. The number of methoxy groups -OCH3 is 1. The summed E-state index contributed by atoms with van der Waals surface area (Å²) in [5.41, 5.74) is 1.71. The van der Waals surface area contributed by atoms with Crippen LogP contribution in [0.5, 0.6) is 5.88 Å². The summed E-state index contributed by atoms with van der Waals surface area (Å²) in [7, 11) is 1.48. The largest absolute Gasteiger partial charge is 0.481 e. The molecular formula is C16H15F3N6O2. The predicted octanol–water partition coefficient (Wildman–Crippen LogP) is 2.34. The molecule has 3 heterocycles. The van der Waals surface area contributed by atoms with E-state index in [-0.39, 0.29) is 18.1 Å². The number of fused-ring (bicyclic) bond motifs is 1. The standard InChI is InChI=1S/C16H15F3N6O2/c1-8-11(6-12(26)22-10-4-5-13(27-3)20-7-10)9(2)25-15(21-8)23-14(24-25)16(17,18)19/h4-5,7H,6H2,1-3H3,(H,22,26). The molecule has 0 saturated carbocycles. The van der Waals surface area contributed by atoms with Crippen LogP contribution in [0.3, 0.4) is 0 Å². The molecule has 0 unspecified atom stereocenters. The minimum Gasteiger partial charge on any atom is -0.481 e. The molecule has 11 heteroatoms. The Kier molecular flexibility index (Phi) is 4.68. The van der Waals surface area contributed by atoms with Gasteiger partial charge in [0, 0.05) is 23.0 Å². The molecule has 0 aliphatic rings. The lowest BCUT2D eigenvalue weighted by molar-refractivity contribution is -0.144. The molecule has 0 radical (unpaired) electrons. The number of nitrogens with one attached hydrogen (secondary N) is 1. The molecule has 0 aliphatic carbocycles. The normalized spacial score (nSPS) is 11.6. The van der Waals surface area contributed by atoms with Crippen LogP contribution in [-0.2, 0) is 17.4 Å². The quantitative estimate of drug-likeness (QED) is 0.747. The van der Waals surface area contributed by atoms with Gasteiger partial charge < -0.3 is 10.1 Å². The number of alkyl halides is 3. The van der Waals surface area contributed by atoms with Gasteiger partial charge in [-0.1, -0.05) is 0 Å². The lowest BCUT2D eigenvalue weighted by Gasteiger charge is -2.11. The first-order chi connectivity index (χ1) is 12.7. The Hall–Kier alpha value is -3.24. The van der Waals surface area contributed by atoms with Crippen LogP contribution in [0, 0.1) is 13.8 Å². The van der Waals surface area contributed by atoms with Crippen LogP contribution in [0.25, 0.3) is 5.78 Å². The number of amides is 1. The SMILES string of the molecule is COc1ccc(NC(=O)Cc2c(C)nc3nc(C(F)(F)F)nn3c2C)cn1. The Morgan fingerprint density at radius 2 is 2.00 bits per heavy atom. The number of carbonyl (C=O) groups excluding carboxylic acids is 1. The summed E-state index contributed by atoms with van der Waals surface area (Å²) in [5, 5.41) is 6.12. The maximum absolute atomic E-state index is 12.8. The number of aryl methyl sites for hydroxylation is 2. The van der Waals surface area contributed by atoms with Crippen molar-refractivity contribution in [1.82, 2.24) is 24.6 Å². The highest BCUT2D eigenvalue weighted by Crippen LogP contribution is 2.27. The molecule has 0 saturated heterocycles. The van der Waals surface area contributed by atoms with Crippen LogP contribution in [0.2, 0.25) is 0 Å². The molecule has 1 amide bonds. The van der Waals surface area contributed by atoms with Gasteiger partial charge in [-0.2, -0.15) is 18.2 Å². The highest BCUT2D eigenvalue weighted by molar-refractivity contribution is 5.92. The Balaban J connectivity index is 1.86. The molecule has 3 rings (SSSR count). The van der Waals surface area contributed by atoms with Gasteiger partial charge >= 0.3 is 6.18 Å². The van der Waals surface area contributed by atoms with Crippen molar-refractivity contribution < 1.29 is 22.7 Å². The second-order valence-corrected chi connectivity index (χ2v) is 5.72. The van der Waals surface area contributed by atoms with Crippen LogP contribution in [0.4, 0.5) is 18.9 Å². The minimum atomic E-state index is -4.67. The Morgan fingerprint density at radius 1 is 1.26 bits per heavy atom. The van der Waals surface area contributed by atoms with Gasteiger partial charge in [-0.15, -0.1) is 5.10 Å². The lowest BCUT2D eigenvalue weighted by atomic mass is 10.1. The Bertz CT molecular complexity index is 998. The van der Waals surface area contributed by atoms with E-state index in [1.54, 1.807) is 26.0 Å². The summed E-state index contributed by atoms with van der Waals surface area (Å²) in [5.74, 6) is -1.41. The molecule has 8 nitrogen and oxygen atoms in total. The molecule has 142 valence electrons. The fourth-order valence-corrected chi connectivity index (χ4v) is 2.53. The number of aromatic nitrogens is 5. The molecule has 0 bridgehead atoms. The molecule has 0 aromatic carbocycles. The second-order valence-electron chi connectivity index (χ2n) is 5.72. The smallest absolute Gasteiger partial charge is 0.453 e. The van der Waals surface area contributed by atoms with E-state index in [0.29, 0.717) is 28.5 Å². The summed E-state index contributed by atoms with van der Waals surface area (Å²) in [6.07, 6.45) is -3.33. The fourth-order valence-electron chi connectivity index (χ4n) is 2.53. The van der Waals surface area contributed by atoms with Crippen molar-refractivity contribution in [3.05, 3.63) is 41.1 Å². The first-order valence-corrected chi connectivity index (χ1v) is 7.79. The zero-order valence-electron chi connectivity index (χ0n) is 14.6. The van der Waals surface area contributed by atoms with Crippen LogP contribution in [0.1, 0.15) is 22.8 Å². The fraction of sp³-hybridized carbons (Fsp3) is 0.312. The van der Waals surface area contributed by atoms with Gasteiger partial charge in [0.1, 0.15) is 0 Å². The molecule has 0 spiro atoms. The first kappa shape index (κ1) is 18.5. The van der Waals surface area contributed by atoms with E-state index in [1.807, 2.05) is 0 Å². The van der Waals surface area contributed by atoms with Crippen molar-refractivity contribution in [1.29, 1.82) is 0 Å². The van der Waals surface area contributed by atoms with Gasteiger partial charge in [-0.05, 0) is 19.9 Å². The van der Waals surface area contributed by atoms with Crippen molar-refractivity contribution in [3.8, 4) is 5.88 Å². The van der Waals surface area contributed by atoms with Crippen molar-refractivity contribution in [2.45, 2.75) is 26.4 Å². The molecule has 1 N–H and O–H groups in total. The Morgan fingerprint density at radius 3 is 2.59 bits per heavy atom. The number of halogens is 3. The average Bonchev–Trinajstić information content (AvgIpc) is 3.04. The molecule has 3 aromatic rings. The van der Waals surface area contributed by atoms with Crippen LogP contribution < -0.4 is 10.1 Å². The third-order valence-electron chi connectivity index (χ3n) is 3.87. The first-order valence-electron chi connectivity index (χ1n) is 7.79. The van der Waals surface area contributed by atoms with E-state index in [2.05, 4.69) is 25.4 Å². The number of pyridine rings is 1. The number of nitrogens with zero attached hydrogens (tertiary/aromatic N) is 5. The van der Waals surface area contributed by atoms with Gasteiger partial charge in [0.15, 0.2) is 0 Å². The van der Waals surface area contributed by atoms with Gasteiger partial charge in [-0.3, -0.25) is 4.79 Å². The summed E-state index contributed by atoms with van der Waals surface area (Å²) >= 11 is 0. The molecule has 0 aliphatic heterocycles. The van der Waals surface area contributed by atoms with Crippen molar-refractivity contribution in [3.63, 3.8) is 0 Å². The average molecular weight is 380 g/mol. The van der Waals surface area contributed by atoms with E-state index in [9.17, 15) is 18.0 Å². The summed E-state index contributed by atoms with van der Waals surface area (Å²) in [6, 6.07) is 3.21. The van der Waals surface area contributed by atoms with Crippen molar-refractivity contribution in [2.24, 2.45) is 0 Å². The summed E-state index contributed by atoms with van der Waals surface area (Å²) in [6.45, 7) is 3.17. The van der Waals surface area contributed by atoms with Crippen molar-refractivity contribution in [2.75, 3.05) is 12.4 Å². The lowest BCUT2D eigenvalue weighted by Crippen LogP contribution is -2.18. The molecular weight excluding hydrogens is 365 g/mol. The Labute approximate surface area is 151 Å². The second kappa shape index (κ2) is 6.82. The number of hydrogen-bond donors (Lipinski definition) is 1. The van der Waals surface area contributed by atoms with E-state index < -0.39 is 12.0 Å². The summed E-state index contributed by atoms with van der Waals surface area (Å²) < 4.78 is 44.4. The summed E-state index contributed by atoms with van der Waals surface area (Å²) in [4.78, 5) is 23.7. The molecule has 27 heavy (non-hydrogen) atoms. The maximum Gasteiger partial charge on any atom is 0.453 e. The number of hydrogen-bond acceptors (Lipinski definition) is 6. The topological polar surface area (TPSA) is 94.3 Å². The van der Waals surface area contributed by atoms with Gasteiger partial charge in [-0.25, -0.2) is 14.5 Å². The van der Waals surface area contributed by atoms with Gasteiger partial charge in [0.25, 0.3) is 11.6 Å².